The molecule has 0 unspecified atom stereocenters. The molecular weight excluding hydrogens is 328 g/mol. The minimum atomic E-state index is -1.23. The minimum Gasteiger partial charge on any atom is -0.481 e. The van der Waals surface area contributed by atoms with E-state index in [1.54, 1.807) is 0 Å². The van der Waals surface area contributed by atoms with Crippen molar-refractivity contribution in [2.24, 2.45) is 40.4 Å². The van der Waals surface area contributed by atoms with Crippen LogP contribution >= 0.6 is 0 Å². The number of hydrogen-bond acceptors (Lipinski definition) is 3. The molecule has 0 spiro atoms. The first-order valence-corrected chi connectivity index (χ1v) is 10.8. The van der Waals surface area contributed by atoms with Crippen LogP contribution in [0.25, 0.3) is 0 Å². The molecule has 4 heteroatoms. The van der Waals surface area contributed by atoms with Gasteiger partial charge in [-0.1, -0.05) is 20.8 Å². The third-order valence-electron chi connectivity index (χ3n) is 9.50. The molecule has 4 rings (SSSR count). The van der Waals surface area contributed by atoms with Crippen molar-refractivity contribution in [2.75, 3.05) is 0 Å². The van der Waals surface area contributed by atoms with Gasteiger partial charge in [-0.3, -0.25) is 4.79 Å². The Bertz CT molecular complexity index is 589. The summed E-state index contributed by atoms with van der Waals surface area (Å²) in [5.74, 6) is 1.69. The average molecular weight is 365 g/mol. The summed E-state index contributed by atoms with van der Waals surface area (Å²) in [6.07, 6.45) is 6.58. The van der Waals surface area contributed by atoms with Gasteiger partial charge in [0.25, 0.3) is 0 Å². The Balaban J connectivity index is 1.71. The first-order chi connectivity index (χ1) is 12.2. The second-order valence-corrected chi connectivity index (χ2v) is 10.6. The summed E-state index contributed by atoms with van der Waals surface area (Å²) in [5, 5.41) is 31.9. The molecule has 0 radical (unpaired) electrons. The number of carboxylic acid groups (broad SMARTS) is 1. The lowest BCUT2D eigenvalue weighted by molar-refractivity contribution is -0.235. The van der Waals surface area contributed by atoms with E-state index >= 15 is 0 Å². The second kappa shape index (κ2) is 5.94. The molecule has 148 valence electrons. The third-order valence-corrected chi connectivity index (χ3v) is 9.50. The molecule has 4 saturated carbocycles. The van der Waals surface area contributed by atoms with Gasteiger partial charge in [0.15, 0.2) is 0 Å². The fourth-order valence-corrected chi connectivity index (χ4v) is 8.46. The number of aliphatic carboxylic acids is 1. The lowest BCUT2D eigenvalue weighted by atomic mass is 9.42. The average Bonchev–Trinajstić information content (AvgIpc) is 2.91. The summed E-state index contributed by atoms with van der Waals surface area (Å²) in [5.41, 5.74) is -1.95. The maximum Gasteiger partial charge on any atom is 0.312 e. The molecule has 0 aliphatic heterocycles. The highest BCUT2D eigenvalue weighted by Crippen LogP contribution is 2.69. The molecule has 0 aromatic carbocycles. The summed E-state index contributed by atoms with van der Waals surface area (Å²) in [7, 11) is 0. The Morgan fingerprint density at radius 2 is 1.73 bits per heavy atom. The minimum absolute atomic E-state index is 0.0650. The van der Waals surface area contributed by atoms with E-state index in [1.165, 1.54) is 12.8 Å². The highest BCUT2D eigenvalue weighted by molar-refractivity contribution is 5.77. The largest absolute Gasteiger partial charge is 0.481 e. The van der Waals surface area contributed by atoms with Gasteiger partial charge in [0.2, 0.25) is 0 Å². The Hall–Kier alpha value is -0.610. The van der Waals surface area contributed by atoms with E-state index in [1.807, 2.05) is 0 Å². The van der Waals surface area contributed by atoms with Crippen molar-refractivity contribution in [3.05, 3.63) is 0 Å². The number of carbonyl (C=O) groups is 1. The van der Waals surface area contributed by atoms with Crippen LogP contribution in [0.5, 0.6) is 0 Å². The summed E-state index contributed by atoms with van der Waals surface area (Å²) in [6.45, 7) is 7.14. The highest BCUT2D eigenvalue weighted by Gasteiger charge is 2.69. The van der Waals surface area contributed by atoms with Crippen LogP contribution < -0.4 is 0 Å². The van der Waals surface area contributed by atoms with Gasteiger partial charge in [0.1, 0.15) is 0 Å². The van der Waals surface area contributed by atoms with Crippen LogP contribution in [0.1, 0.15) is 78.6 Å². The van der Waals surface area contributed by atoms with E-state index < -0.39 is 23.1 Å². The predicted octanol–water partition coefficient (Wildman–Crippen LogP) is 3.84. The summed E-state index contributed by atoms with van der Waals surface area (Å²) >= 11 is 0. The zero-order valence-corrected chi connectivity index (χ0v) is 16.6. The lowest BCUT2D eigenvalue weighted by Crippen LogP contribution is -2.67. The van der Waals surface area contributed by atoms with E-state index in [9.17, 15) is 20.1 Å². The quantitative estimate of drug-likeness (QED) is 0.696. The van der Waals surface area contributed by atoms with Crippen molar-refractivity contribution in [1.82, 2.24) is 0 Å². The number of aliphatic hydroxyl groups is 2. The Morgan fingerprint density at radius 3 is 2.38 bits per heavy atom. The first kappa shape index (κ1) is 18.7. The topological polar surface area (TPSA) is 77.8 Å². The standard InChI is InChI=1S/C22H36O4/c1-13(2)16-4-5-17-15-7-10-21(26)12-14(23)6-11-22(21,19(24)25)18(15)8-9-20(16,17)3/h13-18,23,26H,4-12H2,1-3H3,(H,24,25)/t14-,15-,16+,17+,18-,20+,21-,22+/m0/s1. The van der Waals surface area contributed by atoms with Gasteiger partial charge >= 0.3 is 5.97 Å². The maximum atomic E-state index is 12.6. The van der Waals surface area contributed by atoms with Crippen molar-refractivity contribution < 1.29 is 20.1 Å². The van der Waals surface area contributed by atoms with E-state index in [-0.39, 0.29) is 12.3 Å². The van der Waals surface area contributed by atoms with Gasteiger partial charge in [-0.2, -0.15) is 0 Å². The van der Waals surface area contributed by atoms with Crippen molar-refractivity contribution in [2.45, 2.75) is 90.3 Å². The van der Waals surface area contributed by atoms with Gasteiger partial charge < -0.3 is 15.3 Å². The Labute approximate surface area is 157 Å². The zero-order valence-electron chi connectivity index (χ0n) is 16.6. The molecule has 0 aromatic heterocycles. The lowest BCUT2D eigenvalue weighted by Gasteiger charge is -2.63. The molecular formula is C22H36O4. The molecule has 0 heterocycles. The smallest absolute Gasteiger partial charge is 0.312 e. The predicted molar refractivity (Wildman–Crippen MR) is 99.5 cm³/mol. The van der Waals surface area contributed by atoms with Crippen LogP contribution in [0.2, 0.25) is 0 Å². The van der Waals surface area contributed by atoms with Crippen LogP contribution in [0.4, 0.5) is 0 Å². The maximum absolute atomic E-state index is 12.6. The van der Waals surface area contributed by atoms with Gasteiger partial charge in [0.05, 0.1) is 17.1 Å². The molecule has 26 heavy (non-hydrogen) atoms. The fourth-order valence-electron chi connectivity index (χ4n) is 8.46. The monoisotopic (exact) mass is 364 g/mol. The van der Waals surface area contributed by atoms with Crippen molar-refractivity contribution in [3.8, 4) is 0 Å². The summed E-state index contributed by atoms with van der Waals surface area (Å²) in [6, 6.07) is 0. The van der Waals surface area contributed by atoms with E-state index in [0.717, 1.165) is 25.2 Å². The summed E-state index contributed by atoms with van der Waals surface area (Å²) < 4.78 is 0. The molecule has 8 atom stereocenters. The zero-order chi connectivity index (χ0) is 18.9. The molecule has 4 fully saturated rings. The molecule has 0 saturated heterocycles. The van der Waals surface area contributed by atoms with Gasteiger partial charge in [0, 0.05) is 6.42 Å². The highest BCUT2D eigenvalue weighted by atomic mass is 16.4. The Morgan fingerprint density at radius 1 is 1.00 bits per heavy atom. The van der Waals surface area contributed by atoms with E-state index in [0.29, 0.717) is 42.4 Å². The van der Waals surface area contributed by atoms with Crippen molar-refractivity contribution >= 4 is 5.97 Å². The van der Waals surface area contributed by atoms with Gasteiger partial charge in [-0.15, -0.1) is 0 Å². The van der Waals surface area contributed by atoms with Crippen LogP contribution in [0, 0.1) is 40.4 Å². The normalized spacial score (nSPS) is 53.7. The molecule has 4 aliphatic carbocycles. The number of hydrogen-bond donors (Lipinski definition) is 3. The number of aliphatic hydroxyl groups excluding tert-OH is 1. The molecule has 0 aromatic rings. The van der Waals surface area contributed by atoms with Crippen LogP contribution in [-0.4, -0.2) is 33.0 Å². The van der Waals surface area contributed by atoms with Crippen LogP contribution in [-0.2, 0) is 4.79 Å². The molecule has 4 aliphatic rings. The fraction of sp³-hybridized carbons (Fsp3) is 0.955. The van der Waals surface area contributed by atoms with Gasteiger partial charge in [-0.25, -0.2) is 0 Å². The van der Waals surface area contributed by atoms with Crippen LogP contribution in [0.15, 0.2) is 0 Å². The molecule has 0 amide bonds. The number of rotatable bonds is 2. The van der Waals surface area contributed by atoms with Crippen molar-refractivity contribution in [1.29, 1.82) is 0 Å². The van der Waals surface area contributed by atoms with E-state index in [4.69, 9.17) is 0 Å². The second-order valence-electron chi connectivity index (χ2n) is 10.6. The van der Waals surface area contributed by atoms with Crippen LogP contribution in [0.3, 0.4) is 0 Å². The molecule has 3 N–H and O–H groups in total. The number of carboxylic acids is 1. The van der Waals surface area contributed by atoms with Crippen molar-refractivity contribution in [3.63, 3.8) is 0 Å². The Kier molecular flexibility index (Phi) is 4.28. The molecule has 0 bridgehead atoms. The third kappa shape index (κ3) is 2.24. The van der Waals surface area contributed by atoms with Gasteiger partial charge in [-0.05, 0) is 86.4 Å². The SMILES string of the molecule is CC(C)[C@H]1CC[C@@H]2[C@@H]3CC[C@]4(O)C[C@@H](O)CC[C@]4(C(=O)O)[C@H]3CC[C@]12C. The first-order valence-electron chi connectivity index (χ1n) is 10.8. The number of fused-ring (bicyclic) bond motifs is 5. The van der Waals surface area contributed by atoms with E-state index in [2.05, 4.69) is 20.8 Å². The summed E-state index contributed by atoms with van der Waals surface area (Å²) in [4.78, 5) is 12.6. The molecule has 4 nitrogen and oxygen atoms in total.